The molecule has 1 unspecified atom stereocenters. The van der Waals surface area contributed by atoms with Crippen LogP contribution in [-0.4, -0.2) is 83.3 Å². The summed E-state index contributed by atoms with van der Waals surface area (Å²) in [4.78, 5) is 15.6. The van der Waals surface area contributed by atoms with Gasteiger partial charge in [0.2, 0.25) is 0 Å². The molecule has 1 fully saturated rings. The number of H-pyrrole nitrogens is 2. The molecule has 8 nitrogen and oxygen atoms in total. The standard InChI is InChI=1S/C29H33N7O/c1-34(2)17-22-18-36(14-13-35(22)3)21-9-11-26-27(15-21)31-29(30-26)28-24-16-23(10-12-25(24)32-33-28)37-19-20-7-5-4-6-8-20/h4-12,15-16,22H,13-14,17-19H2,1-3H3,(H,30,31)(H,32,33). The summed E-state index contributed by atoms with van der Waals surface area (Å²) in [5, 5.41) is 8.70. The summed E-state index contributed by atoms with van der Waals surface area (Å²) >= 11 is 0. The van der Waals surface area contributed by atoms with Crippen LogP contribution >= 0.6 is 0 Å². The average molecular weight is 496 g/mol. The minimum absolute atomic E-state index is 0.505. The van der Waals surface area contributed by atoms with E-state index in [-0.39, 0.29) is 0 Å². The molecule has 0 radical (unpaired) electrons. The Morgan fingerprint density at radius 2 is 1.86 bits per heavy atom. The van der Waals surface area contributed by atoms with Crippen molar-refractivity contribution >= 4 is 27.6 Å². The lowest BCUT2D eigenvalue weighted by Gasteiger charge is -2.41. The Morgan fingerprint density at radius 3 is 2.70 bits per heavy atom. The predicted molar refractivity (Wildman–Crippen MR) is 149 cm³/mol. The number of likely N-dealkylation sites (N-methyl/N-ethyl adjacent to an activating group) is 2. The molecular weight excluding hydrogens is 462 g/mol. The Labute approximate surface area is 216 Å². The topological polar surface area (TPSA) is 76.3 Å². The fourth-order valence-corrected chi connectivity index (χ4v) is 5.11. The van der Waals surface area contributed by atoms with Crippen molar-refractivity contribution in [3.63, 3.8) is 0 Å². The van der Waals surface area contributed by atoms with Crippen LogP contribution in [-0.2, 0) is 6.61 Å². The minimum atomic E-state index is 0.505. The molecule has 1 aliphatic heterocycles. The number of piperazine rings is 1. The zero-order valence-corrected chi connectivity index (χ0v) is 21.6. The van der Waals surface area contributed by atoms with Crippen LogP contribution in [0.3, 0.4) is 0 Å². The number of rotatable bonds is 7. The van der Waals surface area contributed by atoms with Gasteiger partial charge >= 0.3 is 0 Å². The van der Waals surface area contributed by atoms with E-state index in [9.17, 15) is 0 Å². The van der Waals surface area contributed by atoms with E-state index < -0.39 is 0 Å². The van der Waals surface area contributed by atoms with Gasteiger partial charge in [0.05, 0.1) is 16.6 Å². The van der Waals surface area contributed by atoms with Gasteiger partial charge in [-0.05, 0) is 63.1 Å². The normalized spacial score (nSPS) is 16.8. The molecule has 0 aliphatic carbocycles. The van der Waals surface area contributed by atoms with Crippen molar-refractivity contribution < 1.29 is 4.74 Å². The predicted octanol–water partition coefficient (Wildman–Crippen LogP) is 4.37. The van der Waals surface area contributed by atoms with Crippen LogP contribution in [0.5, 0.6) is 5.75 Å². The zero-order valence-electron chi connectivity index (χ0n) is 21.6. The van der Waals surface area contributed by atoms with Crippen LogP contribution in [0.15, 0.2) is 66.7 Å². The maximum atomic E-state index is 6.06. The number of anilines is 1. The van der Waals surface area contributed by atoms with Crippen LogP contribution in [0.2, 0.25) is 0 Å². The highest BCUT2D eigenvalue weighted by atomic mass is 16.5. The lowest BCUT2D eigenvalue weighted by Crippen LogP contribution is -2.54. The minimum Gasteiger partial charge on any atom is -0.489 e. The molecular formula is C29H33N7O. The maximum Gasteiger partial charge on any atom is 0.159 e. The molecule has 0 saturated carbocycles. The van der Waals surface area contributed by atoms with Gasteiger partial charge in [0.25, 0.3) is 0 Å². The molecule has 0 amide bonds. The summed E-state index contributed by atoms with van der Waals surface area (Å²) in [6.45, 7) is 4.65. The molecule has 5 aromatic rings. The van der Waals surface area contributed by atoms with Crippen LogP contribution in [0.25, 0.3) is 33.5 Å². The van der Waals surface area contributed by atoms with Gasteiger partial charge in [0, 0.05) is 43.3 Å². The molecule has 37 heavy (non-hydrogen) atoms. The Hall–Kier alpha value is -3.88. The molecule has 0 bridgehead atoms. The van der Waals surface area contributed by atoms with Gasteiger partial charge in [-0.25, -0.2) is 4.98 Å². The van der Waals surface area contributed by atoms with Gasteiger partial charge in [0.15, 0.2) is 5.82 Å². The second kappa shape index (κ2) is 9.88. The van der Waals surface area contributed by atoms with Crippen molar-refractivity contribution in [1.29, 1.82) is 0 Å². The first-order chi connectivity index (χ1) is 18.0. The molecule has 3 aromatic carbocycles. The molecule has 2 N–H and O–H groups in total. The Morgan fingerprint density at radius 1 is 1.00 bits per heavy atom. The summed E-state index contributed by atoms with van der Waals surface area (Å²) in [5.41, 5.74) is 6.06. The number of hydrogen-bond donors (Lipinski definition) is 2. The van der Waals surface area contributed by atoms with Crippen LogP contribution in [0.4, 0.5) is 5.69 Å². The van der Waals surface area contributed by atoms with Gasteiger partial charge in [-0.1, -0.05) is 30.3 Å². The van der Waals surface area contributed by atoms with E-state index in [4.69, 9.17) is 9.72 Å². The van der Waals surface area contributed by atoms with Crippen molar-refractivity contribution in [2.75, 3.05) is 52.2 Å². The highest BCUT2D eigenvalue weighted by Gasteiger charge is 2.25. The quantitative estimate of drug-likeness (QED) is 0.349. The van der Waals surface area contributed by atoms with Gasteiger partial charge < -0.3 is 19.5 Å². The van der Waals surface area contributed by atoms with E-state index in [2.05, 4.69) is 81.4 Å². The van der Waals surface area contributed by atoms with Crippen molar-refractivity contribution in [2.24, 2.45) is 0 Å². The van der Waals surface area contributed by atoms with E-state index in [1.807, 2.05) is 36.4 Å². The van der Waals surface area contributed by atoms with E-state index in [0.717, 1.165) is 70.9 Å². The highest BCUT2D eigenvalue weighted by molar-refractivity contribution is 5.94. The first-order valence-electron chi connectivity index (χ1n) is 12.8. The second-order valence-corrected chi connectivity index (χ2v) is 10.2. The summed E-state index contributed by atoms with van der Waals surface area (Å²) < 4.78 is 6.06. The smallest absolute Gasteiger partial charge is 0.159 e. The monoisotopic (exact) mass is 495 g/mol. The number of hydrogen-bond acceptors (Lipinski definition) is 6. The van der Waals surface area contributed by atoms with Crippen LogP contribution < -0.4 is 9.64 Å². The molecule has 190 valence electrons. The van der Waals surface area contributed by atoms with Crippen molar-refractivity contribution in [3.8, 4) is 17.3 Å². The average Bonchev–Trinajstić information content (AvgIpc) is 3.52. The number of benzene rings is 3. The fourth-order valence-electron chi connectivity index (χ4n) is 5.11. The molecule has 1 atom stereocenters. The number of nitrogens with one attached hydrogen (secondary N) is 2. The van der Waals surface area contributed by atoms with Gasteiger partial charge in [-0.3, -0.25) is 10.00 Å². The number of fused-ring (bicyclic) bond motifs is 2. The largest absolute Gasteiger partial charge is 0.489 e. The number of nitrogens with zero attached hydrogens (tertiary/aromatic N) is 5. The summed E-state index contributed by atoms with van der Waals surface area (Å²) in [6, 6.07) is 23.2. The number of aromatic amines is 2. The molecule has 8 heteroatoms. The van der Waals surface area contributed by atoms with Crippen molar-refractivity contribution in [1.82, 2.24) is 30.0 Å². The number of ether oxygens (including phenoxy) is 1. The first kappa shape index (κ1) is 23.5. The Kier molecular flexibility index (Phi) is 6.28. The Bertz CT molecular complexity index is 1510. The third-order valence-electron chi connectivity index (χ3n) is 7.19. The maximum absolute atomic E-state index is 6.06. The molecule has 0 spiro atoms. The van der Waals surface area contributed by atoms with Crippen LogP contribution in [0.1, 0.15) is 5.56 Å². The third kappa shape index (κ3) is 4.90. The number of aromatic nitrogens is 4. The molecule has 2 aromatic heterocycles. The van der Waals surface area contributed by atoms with Crippen molar-refractivity contribution in [3.05, 3.63) is 72.3 Å². The van der Waals surface area contributed by atoms with Gasteiger partial charge in [-0.15, -0.1) is 0 Å². The van der Waals surface area contributed by atoms with E-state index in [1.54, 1.807) is 0 Å². The lowest BCUT2D eigenvalue weighted by molar-refractivity contribution is 0.178. The fraction of sp³-hybridized carbons (Fsp3) is 0.310. The van der Waals surface area contributed by atoms with E-state index >= 15 is 0 Å². The molecule has 6 rings (SSSR count). The van der Waals surface area contributed by atoms with Gasteiger partial charge in [0.1, 0.15) is 18.1 Å². The van der Waals surface area contributed by atoms with Crippen molar-refractivity contribution in [2.45, 2.75) is 12.6 Å². The number of imidazole rings is 1. The Balaban J connectivity index is 1.25. The highest BCUT2D eigenvalue weighted by Crippen LogP contribution is 2.31. The summed E-state index contributed by atoms with van der Waals surface area (Å²) in [6.07, 6.45) is 0. The van der Waals surface area contributed by atoms with E-state index in [0.29, 0.717) is 12.6 Å². The van der Waals surface area contributed by atoms with Crippen LogP contribution in [0, 0.1) is 0 Å². The molecule has 1 saturated heterocycles. The van der Waals surface area contributed by atoms with E-state index in [1.165, 1.54) is 5.69 Å². The molecule has 3 heterocycles. The lowest BCUT2D eigenvalue weighted by atomic mass is 10.1. The zero-order chi connectivity index (χ0) is 25.4. The first-order valence-corrected chi connectivity index (χ1v) is 12.8. The summed E-state index contributed by atoms with van der Waals surface area (Å²) in [5.74, 6) is 1.56. The SMILES string of the molecule is CN(C)CC1CN(c2ccc3nc(-c4n[nH]c5ccc(OCc6ccccc6)cc45)[nH]c3c2)CCN1C. The second-order valence-electron chi connectivity index (χ2n) is 10.2. The van der Waals surface area contributed by atoms with Gasteiger partial charge in [-0.2, -0.15) is 5.10 Å². The summed E-state index contributed by atoms with van der Waals surface area (Å²) in [7, 11) is 6.51. The third-order valence-corrected chi connectivity index (χ3v) is 7.19. The molecule has 1 aliphatic rings.